The number of hydroxylamine groups is 2. The van der Waals surface area contributed by atoms with Crippen LogP contribution in [0.15, 0.2) is 21.3 Å². The second-order valence-electron chi connectivity index (χ2n) is 12.0. The number of nitrogens with zero attached hydrogens (tertiary/aromatic N) is 4. The molecular formula is C33H42N4O11. The average molecular weight is 671 g/mol. The molecule has 3 rings (SSSR count). The van der Waals surface area contributed by atoms with Gasteiger partial charge in [0.25, 0.3) is 11.8 Å². The van der Waals surface area contributed by atoms with Crippen LogP contribution in [-0.2, 0) is 48.0 Å². The molecule has 0 spiro atoms. The number of carboxylic acid groups (broad SMARTS) is 1. The Hall–Kier alpha value is -4.69. The van der Waals surface area contributed by atoms with Gasteiger partial charge in [-0.1, -0.05) is 12.8 Å². The first-order chi connectivity index (χ1) is 22.8. The molecule has 2 heterocycles. The third-order valence-corrected chi connectivity index (χ3v) is 8.30. The van der Waals surface area contributed by atoms with E-state index in [2.05, 4.69) is 9.98 Å². The van der Waals surface area contributed by atoms with E-state index in [0.717, 1.165) is 48.9 Å². The Morgan fingerprint density at radius 3 is 1.96 bits per heavy atom. The van der Waals surface area contributed by atoms with Gasteiger partial charge in [-0.05, 0) is 50.5 Å². The molecule has 0 aromatic heterocycles. The summed E-state index contributed by atoms with van der Waals surface area (Å²) >= 11 is 0. The van der Waals surface area contributed by atoms with Crippen molar-refractivity contribution in [2.45, 2.75) is 116 Å². The van der Waals surface area contributed by atoms with E-state index in [0.29, 0.717) is 24.3 Å². The van der Waals surface area contributed by atoms with Crippen LogP contribution in [0.2, 0.25) is 0 Å². The Morgan fingerprint density at radius 2 is 1.40 bits per heavy atom. The monoisotopic (exact) mass is 670 g/mol. The van der Waals surface area contributed by atoms with Crippen LogP contribution in [0.1, 0.15) is 116 Å². The van der Waals surface area contributed by atoms with E-state index in [-0.39, 0.29) is 87.0 Å². The number of carboxylic acids is 1. The van der Waals surface area contributed by atoms with E-state index in [1.807, 2.05) is 0 Å². The summed E-state index contributed by atoms with van der Waals surface area (Å²) in [5, 5.41) is 9.80. The summed E-state index contributed by atoms with van der Waals surface area (Å²) in [6.45, 7) is 1.11. The number of likely N-dealkylation sites (tertiary alicyclic amines) is 1. The van der Waals surface area contributed by atoms with Crippen molar-refractivity contribution in [2.75, 3.05) is 6.54 Å². The molecule has 260 valence electrons. The van der Waals surface area contributed by atoms with Crippen molar-refractivity contribution in [3.05, 3.63) is 11.3 Å². The summed E-state index contributed by atoms with van der Waals surface area (Å²) in [4.78, 5) is 121. The van der Waals surface area contributed by atoms with Crippen LogP contribution in [0.5, 0.6) is 0 Å². The highest BCUT2D eigenvalue weighted by Gasteiger charge is 2.33. The number of aliphatic imine (C=N–C) groups is 2. The average Bonchev–Trinajstić information content (AvgIpc) is 3.49. The molecule has 3 fully saturated rings. The van der Waals surface area contributed by atoms with Gasteiger partial charge >= 0.3 is 11.9 Å². The molecule has 0 aromatic rings. The van der Waals surface area contributed by atoms with E-state index < -0.39 is 42.0 Å². The summed E-state index contributed by atoms with van der Waals surface area (Å²) in [6, 6.07) is 0. The van der Waals surface area contributed by atoms with E-state index in [9.17, 15) is 48.3 Å². The first-order valence-electron chi connectivity index (χ1n) is 16.4. The standard InChI is InChI=1S/C33H42N4O11/c1-21(38)25(13-12-24(39)20-36-28(41)14-15-29(36)42)35-26(22-7-6-8-22)9-4-2-3-5-10-27(40)34-19-23(33(46)47)11-18-32(45)48-37-30(43)16-17-31(37)44/h19,23H,2-18,20H2,1H3,(H,46,47). The molecule has 1 aliphatic carbocycles. The van der Waals surface area contributed by atoms with Gasteiger partial charge in [0.15, 0.2) is 11.6 Å². The molecule has 0 aromatic carbocycles. The molecule has 3 aliphatic rings. The largest absolute Gasteiger partial charge is 0.481 e. The van der Waals surface area contributed by atoms with Crippen LogP contribution in [0, 0.1) is 5.92 Å². The molecule has 2 aliphatic heterocycles. The Morgan fingerprint density at radius 1 is 0.792 bits per heavy atom. The minimum atomic E-state index is -1.29. The van der Waals surface area contributed by atoms with Crippen LogP contribution in [0.4, 0.5) is 0 Å². The van der Waals surface area contributed by atoms with Crippen molar-refractivity contribution in [3.8, 4) is 0 Å². The number of imide groups is 2. The molecule has 48 heavy (non-hydrogen) atoms. The highest BCUT2D eigenvalue weighted by atomic mass is 16.7. The molecular weight excluding hydrogens is 628 g/mol. The number of amides is 5. The molecule has 5 amide bonds. The summed E-state index contributed by atoms with van der Waals surface area (Å²) in [5.41, 5.74) is 2.30. The lowest BCUT2D eigenvalue weighted by molar-refractivity contribution is -0.197. The van der Waals surface area contributed by atoms with Gasteiger partial charge in [-0.3, -0.25) is 48.2 Å². The minimum absolute atomic E-state index is 0.00256. The number of unbranched alkanes of at least 4 members (excludes halogenated alkanes) is 3. The molecule has 1 unspecified atom stereocenters. The highest BCUT2D eigenvalue weighted by Crippen LogP contribution is 2.32. The zero-order valence-corrected chi connectivity index (χ0v) is 27.2. The smallest absolute Gasteiger partial charge is 0.333 e. The number of Topliss-reactive ketones (excluding diaryl/α,β-unsaturated/α-hetero) is 2. The summed E-state index contributed by atoms with van der Waals surface area (Å²) in [6.07, 6.45) is 6.89. The van der Waals surface area contributed by atoms with Crippen LogP contribution >= 0.6 is 0 Å². The first-order valence-corrected chi connectivity index (χ1v) is 16.4. The molecule has 1 saturated carbocycles. The SMILES string of the molecule is CC(=O)C(CCC(=O)CN1C(=O)CCC1=O)=NC(CCCCCCC(=O)N=CC(CCC(=O)ON1C(=O)CCC1=O)C(=O)O)=C1CCC1. The van der Waals surface area contributed by atoms with Crippen molar-refractivity contribution >= 4 is 65.0 Å². The minimum Gasteiger partial charge on any atom is -0.481 e. The second-order valence-corrected chi connectivity index (χ2v) is 12.0. The lowest BCUT2D eigenvalue weighted by atomic mass is 9.89. The highest BCUT2D eigenvalue weighted by molar-refractivity contribution is 6.39. The first kappa shape index (κ1) is 37.8. The maximum Gasteiger partial charge on any atom is 0.333 e. The maximum atomic E-state index is 12.4. The number of ketones is 2. The lowest BCUT2D eigenvalue weighted by Crippen LogP contribution is -2.34. The summed E-state index contributed by atoms with van der Waals surface area (Å²) in [7, 11) is 0. The van der Waals surface area contributed by atoms with Gasteiger partial charge in [-0.2, -0.15) is 0 Å². The number of aliphatic carboxylic acids is 1. The maximum absolute atomic E-state index is 12.4. The van der Waals surface area contributed by atoms with E-state index in [1.165, 1.54) is 12.5 Å². The molecule has 0 bridgehead atoms. The van der Waals surface area contributed by atoms with Crippen LogP contribution < -0.4 is 0 Å². The van der Waals surface area contributed by atoms with Gasteiger partial charge < -0.3 is 9.94 Å². The Balaban J connectivity index is 1.39. The van der Waals surface area contributed by atoms with Gasteiger partial charge in [0, 0.05) is 70.2 Å². The predicted octanol–water partition coefficient (Wildman–Crippen LogP) is 2.98. The van der Waals surface area contributed by atoms with Crippen LogP contribution in [0.3, 0.4) is 0 Å². The van der Waals surface area contributed by atoms with Crippen molar-refractivity contribution in [1.82, 2.24) is 9.96 Å². The van der Waals surface area contributed by atoms with Gasteiger partial charge in [-0.15, -0.1) is 5.06 Å². The van der Waals surface area contributed by atoms with E-state index in [1.54, 1.807) is 0 Å². The van der Waals surface area contributed by atoms with Crippen molar-refractivity contribution < 1.29 is 53.1 Å². The van der Waals surface area contributed by atoms with Crippen molar-refractivity contribution in [3.63, 3.8) is 0 Å². The Labute approximate surface area is 277 Å². The normalized spacial score (nSPS) is 17.3. The topological polar surface area (TPSA) is 214 Å². The summed E-state index contributed by atoms with van der Waals surface area (Å²) in [5.74, 6) is -6.52. The Kier molecular flexibility index (Phi) is 14.6. The zero-order chi connectivity index (χ0) is 35.2. The van der Waals surface area contributed by atoms with Gasteiger partial charge in [0.1, 0.15) is 0 Å². The van der Waals surface area contributed by atoms with Crippen molar-refractivity contribution in [1.29, 1.82) is 0 Å². The lowest BCUT2D eigenvalue weighted by Gasteiger charge is -2.20. The zero-order valence-electron chi connectivity index (χ0n) is 27.2. The second kappa shape index (κ2) is 18.6. The number of carbonyl (C=O) groups excluding carboxylic acids is 8. The van der Waals surface area contributed by atoms with Crippen molar-refractivity contribution in [2.24, 2.45) is 15.9 Å². The summed E-state index contributed by atoms with van der Waals surface area (Å²) < 4.78 is 0. The quantitative estimate of drug-likeness (QED) is 0.113. The van der Waals surface area contributed by atoms with Gasteiger partial charge in [0.05, 0.1) is 18.2 Å². The molecule has 1 atom stereocenters. The van der Waals surface area contributed by atoms with Gasteiger partial charge in [0.2, 0.25) is 17.7 Å². The molecule has 15 heteroatoms. The predicted molar refractivity (Wildman–Crippen MR) is 168 cm³/mol. The third-order valence-electron chi connectivity index (χ3n) is 8.30. The number of hydrogen-bond acceptors (Lipinski definition) is 11. The molecule has 1 N–H and O–H groups in total. The number of allylic oxidation sites excluding steroid dienone is 2. The van der Waals surface area contributed by atoms with E-state index in [4.69, 9.17) is 4.84 Å². The number of carbonyl (C=O) groups is 9. The third kappa shape index (κ3) is 11.8. The molecule has 15 nitrogen and oxygen atoms in total. The fraction of sp³-hybridized carbons (Fsp3) is 0.606. The van der Waals surface area contributed by atoms with E-state index >= 15 is 0 Å². The fourth-order valence-electron chi connectivity index (χ4n) is 5.24. The van der Waals surface area contributed by atoms with Crippen LogP contribution in [-0.4, -0.2) is 86.6 Å². The number of rotatable bonds is 20. The van der Waals surface area contributed by atoms with Crippen LogP contribution in [0.25, 0.3) is 0 Å². The van der Waals surface area contributed by atoms with Gasteiger partial charge in [-0.25, -0.2) is 9.79 Å². The molecule has 2 saturated heterocycles. The molecule has 0 radical (unpaired) electrons. The number of hydrogen-bond donors (Lipinski definition) is 1. The fourth-order valence-corrected chi connectivity index (χ4v) is 5.24. The Bertz CT molecular complexity index is 1390.